The Balaban J connectivity index is 1.55. The molecule has 2 heterocycles. The van der Waals surface area contributed by atoms with Crippen LogP contribution in [0.4, 0.5) is 0 Å². The molecule has 2 aromatic heterocycles. The van der Waals surface area contributed by atoms with Crippen molar-refractivity contribution < 1.29 is 4.74 Å². The zero-order valence-electron chi connectivity index (χ0n) is 16.7. The van der Waals surface area contributed by atoms with Gasteiger partial charge in [0.2, 0.25) is 0 Å². The number of H-pyrrole nitrogens is 1. The van der Waals surface area contributed by atoms with Gasteiger partial charge in [-0.15, -0.1) is 6.58 Å². The summed E-state index contributed by atoms with van der Waals surface area (Å²) in [5.74, 6) is 2.13. The van der Waals surface area contributed by atoms with Gasteiger partial charge in [0.25, 0.3) is 5.56 Å². The number of fused-ring (bicyclic) bond motifs is 1. The molecule has 0 unspecified atom stereocenters. The van der Waals surface area contributed by atoms with Gasteiger partial charge in [0, 0.05) is 17.4 Å². The molecule has 0 fully saturated rings. The zero-order valence-corrected chi connectivity index (χ0v) is 17.5. The fourth-order valence-electron chi connectivity index (χ4n) is 3.18. The van der Waals surface area contributed by atoms with Crippen LogP contribution in [0.2, 0.25) is 0 Å². The van der Waals surface area contributed by atoms with E-state index < -0.39 is 0 Å². The minimum Gasteiger partial charge on any atom is -0.492 e. The van der Waals surface area contributed by atoms with Gasteiger partial charge < -0.3 is 4.74 Å². The molecule has 4 rings (SSSR count). The summed E-state index contributed by atoms with van der Waals surface area (Å²) >= 11 is 1.51. The molecule has 1 N–H and O–H groups in total. The number of nitrogens with one attached hydrogen (secondary N) is 1. The van der Waals surface area contributed by atoms with Crippen LogP contribution in [0.25, 0.3) is 17.0 Å². The van der Waals surface area contributed by atoms with Crippen LogP contribution < -0.4 is 10.3 Å². The quantitative estimate of drug-likeness (QED) is 0.262. The molecule has 0 bridgehead atoms. The van der Waals surface area contributed by atoms with E-state index in [4.69, 9.17) is 9.72 Å². The number of para-hydroxylation sites is 1. The number of thioether (sulfide) groups is 1. The molecule has 4 aromatic rings. The van der Waals surface area contributed by atoms with Crippen molar-refractivity contribution in [2.75, 3.05) is 12.4 Å². The van der Waals surface area contributed by atoms with E-state index in [0.29, 0.717) is 29.0 Å². The zero-order chi connectivity index (χ0) is 20.9. The van der Waals surface area contributed by atoms with Crippen molar-refractivity contribution in [2.45, 2.75) is 18.5 Å². The molecular weight excluding hydrogens is 396 g/mol. The second kappa shape index (κ2) is 9.00. The van der Waals surface area contributed by atoms with Gasteiger partial charge in [-0.3, -0.25) is 9.89 Å². The van der Waals surface area contributed by atoms with Crippen LogP contribution in [0.15, 0.2) is 77.2 Å². The van der Waals surface area contributed by atoms with Crippen molar-refractivity contribution in [3.63, 3.8) is 0 Å². The summed E-state index contributed by atoms with van der Waals surface area (Å²) in [6, 6.07) is 17.4. The number of rotatable bonds is 8. The van der Waals surface area contributed by atoms with E-state index in [2.05, 4.69) is 16.7 Å². The normalized spacial score (nSPS) is 11.0. The first-order chi connectivity index (χ1) is 14.7. The highest BCUT2D eigenvalue weighted by Gasteiger charge is 2.13. The number of ether oxygens (including phenoxy) is 1. The van der Waals surface area contributed by atoms with Crippen molar-refractivity contribution >= 4 is 17.4 Å². The number of benzene rings is 2. The SMILES string of the molecule is C=CCc1ccccc1OCCSc1nc(-c2ccccc2C)nc2cc(=O)[nH]n12. The van der Waals surface area contributed by atoms with Gasteiger partial charge in [0.15, 0.2) is 16.6 Å². The van der Waals surface area contributed by atoms with Gasteiger partial charge in [-0.25, -0.2) is 14.5 Å². The number of hydrogen-bond acceptors (Lipinski definition) is 5. The molecule has 7 heteroatoms. The van der Waals surface area contributed by atoms with Crippen molar-refractivity contribution in [2.24, 2.45) is 0 Å². The minimum atomic E-state index is -0.206. The van der Waals surface area contributed by atoms with Gasteiger partial charge in [-0.2, -0.15) is 0 Å². The maximum absolute atomic E-state index is 11.9. The highest BCUT2D eigenvalue weighted by molar-refractivity contribution is 7.99. The predicted octanol–water partition coefficient (Wildman–Crippen LogP) is 4.29. The van der Waals surface area contributed by atoms with Crippen LogP contribution in [0.3, 0.4) is 0 Å². The Hall–Kier alpha value is -3.32. The molecule has 30 heavy (non-hydrogen) atoms. The molecule has 0 aliphatic heterocycles. The first-order valence-corrected chi connectivity index (χ1v) is 10.6. The van der Waals surface area contributed by atoms with Crippen LogP contribution in [0.1, 0.15) is 11.1 Å². The van der Waals surface area contributed by atoms with Crippen molar-refractivity contribution in [3.8, 4) is 17.1 Å². The van der Waals surface area contributed by atoms with Crippen LogP contribution in [0, 0.1) is 6.92 Å². The predicted molar refractivity (Wildman–Crippen MR) is 120 cm³/mol. The molecule has 0 aliphatic carbocycles. The third kappa shape index (κ3) is 4.31. The van der Waals surface area contributed by atoms with E-state index >= 15 is 0 Å². The fourth-order valence-corrected chi connectivity index (χ4v) is 3.95. The lowest BCUT2D eigenvalue weighted by Crippen LogP contribution is -2.07. The number of aromatic nitrogens is 4. The molecule has 0 spiro atoms. The largest absolute Gasteiger partial charge is 0.492 e. The molecule has 0 saturated carbocycles. The summed E-state index contributed by atoms with van der Waals surface area (Å²) in [5.41, 5.74) is 3.48. The summed E-state index contributed by atoms with van der Waals surface area (Å²) in [6.07, 6.45) is 2.63. The summed E-state index contributed by atoms with van der Waals surface area (Å²) in [6.45, 7) is 6.33. The molecule has 0 amide bonds. The Kier molecular flexibility index (Phi) is 5.99. The first-order valence-electron chi connectivity index (χ1n) is 9.66. The number of aryl methyl sites for hydroxylation is 1. The maximum atomic E-state index is 11.9. The summed E-state index contributed by atoms with van der Waals surface area (Å²) in [5, 5.41) is 3.44. The van der Waals surface area contributed by atoms with Crippen LogP contribution in [-0.4, -0.2) is 31.9 Å². The number of nitrogens with zero attached hydrogens (tertiary/aromatic N) is 3. The maximum Gasteiger partial charge on any atom is 0.266 e. The lowest BCUT2D eigenvalue weighted by Gasteiger charge is -2.11. The third-order valence-electron chi connectivity index (χ3n) is 4.62. The average molecular weight is 419 g/mol. The van der Waals surface area contributed by atoms with Crippen molar-refractivity contribution in [3.05, 3.63) is 88.7 Å². The van der Waals surface area contributed by atoms with Crippen LogP contribution >= 0.6 is 11.8 Å². The Morgan fingerprint density at radius 2 is 1.97 bits per heavy atom. The van der Waals surface area contributed by atoms with Crippen molar-refractivity contribution in [1.82, 2.24) is 19.6 Å². The lowest BCUT2D eigenvalue weighted by atomic mass is 10.1. The topological polar surface area (TPSA) is 72.3 Å². The molecule has 152 valence electrons. The Labute approximate surface area is 178 Å². The van der Waals surface area contributed by atoms with Crippen molar-refractivity contribution in [1.29, 1.82) is 0 Å². The fraction of sp³-hybridized carbons (Fsp3) is 0.174. The van der Waals surface area contributed by atoms with Gasteiger partial charge in [0.1, 0.15) is 5.75 Å². The standard InChI is InChI=1S/C23H22N4O2S/c1-3-8-17-10-5-7-12-19(17)29-13-14-30-23-25-22(18-11-6-4-9-16(18)2)24-20-15-21(28)26-27(20)23/h3-7,9-12,15H,1,8,13-14H2,2H3,(H,26,28). The Morgan fingerprint density at radius 1 is 1.17 bits per heavy atom. The molecular formula is C23H22N4O2S. The summed E-state index contributed by atoms with van der Waals surface area (Å²) in [7, 11) is 0. The molecule has 0 aliphatic rings. The third-order valence-corrected chi connectivity index (χ3v) is 5.52. The number of aromatic amines is 1. The highest BCUT2D eigenvalue weighted by atomic mass is 32.2. The molecule has 2 aromatic carbocycles. The minimum absolute atomic E-state index is 0.206. The molecule has 0 atom stereocenters. The van der Waals surface area contributed by atoms with Crippen LogP contribution in [0.5, 0.6) is 5.75 Å². The second-order valence-electron chi connectivity index (χ2n) is 6.76. The second-order valence-corrected chi connectivity index (χ2v) is 7.82. The highest BCUT2D eigenvalue weighted by Crippen LogP contribution is 2.24. The van der Waals surface area contributed by atoms with Gasteiger partial charge >= 0.3 is 0 Å². The van der Waals surface area contributed by atoms with E-state index in [0.717, 1.165) is 28.9 Å². The van der Waals surface area contributed by atoms with E-state index in [9.17, 15) is 4.79 Å². The molecule has 6 nitrogen and oxygen atoms in total. The van der Waals surface area contributed by atoms with E-state index in [1.165, 1.54) is 17.8 Å². The van der Waals surface area contributed by atoms with Gasteiger partial charge in [-0.1, -0.05) is 60.3 Å². The molecule has 0 saturated heterocycles. The van der Waals surface area contributed by atoms with E-state index in [-0.39, 0.29) is 5.56 Å². The Bertz CT molecular complexity index is 1250. The van der Waals surface area contributed by atoms with Crippen LogP contribution in [-0.2, 0) is 6.42 Å². The lowest BCUT2D eigenvalue weighted by molar-refractivity contribution is 0.340. The van der Waals surface area contributed by atoms with Gasteiger partial charge in [-0.05, 0) is 30.5 Å². The average Bonchev–Trinajstić information content (AvgIpc) is 3.13. The monoisotopic (exact) mass is 418 g/mol. The number of hydrogen-bond donors (Lipinski definition) is 1. The summed E-state index contributed by atoms with van der Waals surface area (Å²) in [4.78, 5) is 21.2. The molecule has 0 radical (unpaired) electrons. The summed E-state index contributed by atoms with van der Waals surface area (Å²) < 4.78 is 7.59. The van der Waals surface area contributed by atoms with Gasteiger partial charge in [0.05, 0.1) is 6.61 Å². The number of allylic oxidation sites excluding steroid dienone is 1. The Morgan fingerprint density at radius 3 is 2.80 bits per heavy atom. The van der Waals surface area contributed by atoms with E-state index in [1.807, 2.05) is 61.5 Å². The van der Waals surface area contributed by atoms with E-state index in [1.54, 1.807) is 4.52 Å². The first kappa shape index (κ1) is 20.0. The smallest absolute Gasteiger partial charge is 0.266 e.